The molecule has 6 rings (SSSR count). The topological polar surface area (TPSA) is 51.8 Å². The van der Waals surface area contributed by atoms with Crippen LogP contribution in [0.15, 0.2) is 71.6 Å². The summed E-state index contributed by atoms with van der Waals surface area (Å²) in [6.07, 6.45) is 6.40. The smallest absolute Gasteiger partial charge is 0.0847 e. The van der Waals surface area contributed by atoms with E-state index in [9.17, 15) is 0 Å². The molecule has 5 heteroatoms. The van der Waals surface area contributed by atoms with Crippen LogP contribution in [0, 0.1) is 52.7 Å². The van der Waals surface area contributed by atoms with Crippen LogP contribution in [0.3, 0.4) is 0 Å². The van der Waals surface area contributed by atoms with Gasteiger partial charge in [0.15, 0.2) is 0 Å². The number of aryl methyl sites for hydroxylation is 5. The number of benzene rings is 2. The zero-order chi connectivity index (χ0) is 28.4. The maximum atomic E-state index is 5.70. The molecule has 0 fully saturated rings. The molecule has 0 aliphatic rings. The predicted octanol–water partition coefficient (Wildman–Crippen LogP) is 9.13. The normalized spacial score (nSPS) is 10.9. The molecule has 41 heavy (non-hydrogen) atoms. The van der Waals surface area contributed by atoms with Crippen molar-refractivity contribution in [2.75, 3.05) is 0 Å². The summed E-state index contributed by atoms with van der Waals surface area (Å²) in [6, 6.07) is 23.2. The molecule has 6 aromatic rings. The predicted molar refractivity (Wildman–Crippen MR) is 164 cm³/mol. The van der Waals surface area contributed by atoms with E-state index in [0.29, 0.717) is 5.92 Å². The largest absolute Gasteiger partial charge is 0.506 e. The first-order valence-corrected chi connectivity index (χ1v) is 13.8. The fourth-order valence-electron chi connectivity index (χ4n) is 4.72. The summed E-state index contributed by atoms with van der Waals surface area (Å²) in [5.41, 5.74) is 13.0. The molecule has 211 valence electrons. The van der Waals surface area contributed by atoms with Gasteiger partial charge in [-0.25, -0.2) is 0 Å². The van der Waals surface area contributed by atoms with Gasteiger partial charge in [-0.15, -0.1) is 41.0 Å². The standard InChI is InChI=1S/C21H19N2O.C15H16N.Ir/c1-13(2)11-16-6-7-17-18(19-14(3)5-4-9-22-19)12-15-8-10-24-21(15)20(17)23-16;1-10-5-6-14(7-11(10)2)15-8-12(3)13(4)9-16-15;/h4-10,13H,11H2,1-3H3;5,7-9H,1-4H3;/q2*-1;. The minimum absolute atomic E-state index is 0. The van der Waals surface area contributed by atoms with Gasteiger partial charge in [0.1, 0.15) is 0 Å². The van der Waals surface area contributed by atoms with Crippen LogP contribution in [0.4, 0.5) is 0 Å². The average Bonchev–Trinajstić information content (AvgIpc) is 3.41. The molecule has 0 aliphatic carbocycles. The second-order valence-corrected chi connectivity index (χ2v) is 11.0. The zero-order valence-corrected chi connectivity index (χ0v) is 27.1. The molecule has 0 N–H and O–H groups in total. The van der Waals surface area contributed by atoms with E-state index in [1.165, 1.54) is 22.3 Å². The van der Waals surface area contributed by atoms with Crippen molar-refractivity contribution in [1.29, 1.82) is 0 Å². The minimum Gasteiger partial charge on any atom is -0.506 e. The summed E-state index contributed by atoms with van der Waals surface area (Å²) in [4.78, 5) is 13.9. The van der Waals surface area contributed by atoms with Crippen molar-refractivity contribution in [3.8, 4) is 22.5 Å². The molecule has 0 unspecified atom stereocenters. The zero-order valence-electron chi connectivity index (χ0n) is 24.7. The van der Waals surface area contributed by atoms with Gasteiger partial charge in [-0.3, -0.25) is 9.97 Å². The van der Waals surface area contributed by atoms with Crippen LogP contribution in [0.5, 0.6) is 0 Å². The van der Waals surface area contributed by atoms with E-state index in [1.807, 2.05) is 30.6 Å². The van der Waals surface area contributed by atoms with Gasteiger partial charge in [0.2, 0.25) is 0 Å². The third-order valence-electron chi connectivity index (χ3n) is 7.30. The molecule has 0 saturated carbocycles. The van der Waals surface area contributed by atoms with E-state index in [1.54, 1.807) is 6.26 Å². The Balaban J connectivity index is 0.000000200. The maximum absolute atomic E-state index is 5.70. The van der Waals surface area contributed by atoms with E-state index in [2.05, 4.69) is 101 Å². The molecule has 0 spiro atoms. The summed E-state index contributed by atoms with van der Waals surface area (Å²) >= 11 is 0. The van der Waals surface area contributed by atoms with Crippen LogP contribution in [0.1, 0.15) is 47.4 Å². The third-order valence-corrected chi connectivity index (χ3v) is 7.30. The Morgan fingerprint density at radius 3 is 2.34 bits per heavy atom. The molecule has 0 bridgehead atoms. The van der Waals surface area contributed by atoms with Gasteiger partial charge in [0, 0.05) is 55.7 Å². The van der Waals surface area contributed by atoms with Crippen molar-refractivity contribution in [2.45, 2.75) is 54.9 Å². The minimum atomic E-state index is 0. The Morgan fingerprint density at radius 2 is 1.63 bits per heavy atom. The summed E-state index contributed by atoms with van der Waals surface area (Å²) in [5, 5.41) is 1.98. The van der Waals surface area contributed by atoms with Gasteiger partial charge in [0.25, 0.3) is 0 Å². The molecular weight excluding hydrogens is 683 g/mol. The van der Waals surface area contributed by atoms with Crippen molar-refractivity contribution < 1.29 is 24.5 Å². The molecule has 0 atom stereocenters. The van der Waals surface area contributed by atoms with Gasteiger partial charge in [-0.2, -0.15) is 0 Å². The first kappa shape index (κ1) is 30.3. The molecule has 4 nitrogen and oxygen atoms in total. The Bertz CT molecular complexity index is 1770. The summed E-state index contributed by atoms with van der Waals surface area (Å²) in [5.74, 6) is 0.565. The molecule has 0 aliphatic heterocycles. The monoisotopic (exact) mass is 718 g/mol. The number of hydrogen-bond donors (Lipinski definition) is 0. The maximum Gasteiger partial charge on any atom is 0.0847 e. The first-order valence-electron chi connectivity index (χ1n) is 13.8. The van der Waals surface area contributed by atoms with Gasteiger partial charge in [-0.05, 0) is 56.5 Å². The quantitative estimate of drug-likeness (QED) is 0.171. The summed E-state index contributed by atoms with van der Waals surface area (Å²) in [6.45, 7) is 14.9. The fraction of sp³-hybridized carbons (Fsp3) is 0.250. The van der Waals surface area contributed by atoms with Crippen molar-refractivity contribution in [2.24, 2.45) is 5.92 Å². The number of nitrogens with zero attached hydrogens (tertiary/aromatic N) is 3. The Morgan fingerprint density at radius 1 is 0.854 bits per heavy atom. The van der Waals surface area contributed by atoms with Crippen molar-refractivity contribution in [3.05, 3.63) is 113 Å². The summed E-state index contributed by atoms with van der Waals surface area (Å²) in [7, 11) is 0. The Labute approximate surface area is 256 Å². The number of rotatable bonds is 4. The first-order chi connectivity index (χ1) is 19.2. The van der Waals surface area contributed by atoms with Gasteiger partial charge >= 0.3 is 0 Å². The second kappa shape index (κ2) is 12.9. The van der Waals surface area contributed by atoms with E-state index >= 15 is 0 Å². The fourth-order valence-corrected chi connectivity index (χ4v) is 4.72. The summed E-state index contributed by atoms with van der Waals surface area (Å²) < 4.78 is 5.70. The van der Waals surface area contributed by atoms with Crippen LogP contribution in [-0.4, -0.2) is 15.0 Å². The Kier molecular flexibility index (Phi) is 9.53. The van der Waals surface area contributed by atoms with Gasteiger partial charge in [0.05, 0.1) is 5.58 Å². The molecule has 1 radical (unpaired) electrons. The third kappa shape index (κ3) is 6.64. The van der Waals surface area contributed by atoms with Crippen molar-refractivity contribution in [3.63, 3.8) is 0 Å². The molecule has 0 amide bonds. The molecular formula is C36H35IrN3O-2. The van der Waals surface area contributed by atoms with Crippen LogP contribution in [0.2, 0.25) is 0 Å². The van der Waals surface area contributed by atoms with E-state index in [-0.39, 0.29) is 20.1 Å². The number of hydrogen-bond acceptors (Lipinski definition) is 4. The molecule has 0 saturated heterocycles. The van der Waals surface area contributed by atoms with Crippen LogP contribution < -0.4 is 0 Å². The molecule has 4 aromatic heterocycles. The number of pyridine rings is 3. The average molecular weight is 718 g/mol. The van der Waals surface area contributed by atoms with E-state index in [4.69, 9.17) is 9.40 Å². The molecule has 4 heterocycles. The van der Waals surface area contributed by atoms with Gasteiger partial charge < -0.3 is 9.40 Å². The second-order valence-electron chi connectivity index (χ2n) is 11.0. The number of furan rings is 1. The Hall–Kier alpha value is -3.66. The van der Waals surface area contributed by atoms with Crippen molar-refractivity contribution >= 4 is 21.9 Å². The van der Waals surface area contributed by atoms with E-state index < -0.39 is 0 Å². The number of aromatic nitrogens is 3. The van der Waals surface area contributed by atoms with Crippen LogP contribution in [-0.2, 0) is 26.5 Å². The van der Waals surface area contributed by atoms with Crippen LogP contribution >= 0.6 is 0 Å². The van der Waals surface area contributed by atoms with E-state index in [0.717, 1.165) is 62.1 Å². The van der Waals surface area contributed by atoms with Crippen LogP contribution in [0.25, 0.3) is 44.4 Å². The molecule has 2 aromatic carbocycles. The number of fused-ring (bicyclic) bond motifs is 3. The van der Waals surface area contributed by atoms with Crippen molar-refractivity contribution in [1.82, 2.24) is 15.0 Å². The SMILES string of the molecule is Cc1c[c-]c(-c2cc(C)c(C)cn2)cc1C.Cc1cccnc1-c1[c-]c2ccoc2c2nc(CC(C)C)ccc12.[Ir]. The van der Waals surface area contributed by atoms with Gasteiger partial charge in [-0.1, -0.05) is 79.4 Å².